The van der Waals surface area contributed by atoms with Gasteiger partial charge in [0.15, 0.2) is 11.9 Å². The van der Waals surface area contributed by atoms with Crippen LogP contribution in [-0.4, -0.2) is 56.4 Å². The molecule has 2 aliphatic heterocycles. The Balaban J connectivity index is 1.68. The zero-order valence-corrected chi connectivity index (χ0v) is 13.1. The molecule has 4 atom stereocenters. The Hall–Kier alpha value is -2.37. The molecule has 0 saturated carbocycles. The maximum atomic E-state index is 12.3. The van der Waals surface area contributed by atoms with E-state index in [1.807, 2.05) is 0 Å². The summed E-state index contributed by atoms with van der Waals surface area (Å²) < 4.78 is 7.20. The van der Waals surface area contributed by atoms with Crippen LogP contribution < -0.4 is 14.9 Å². The van der Waals surface area contributed by atoms with Gasteiger partial charge in [0.05, 0.1) is 31.2 Å². The second-order valence-corrected chi connectivity index (χ2v) is 5.91. The fraction of sp³-hybridized carbons (Fsp3) is 0.400. The molecule has 2 aromatic heterocycles. The van der Waals surface area contributed by atoms with E-state index < -0.39 is 31.1 Å². The molecule has 25 heavy (non-hydrogen) atoms. The normalized spacial score (nSPS) is 27.8. The number of nitrogens with one attached hydrogen (secondary N) is 1. The third-order valence-corrected chi connectivity index (χ3v) is 4.40. The first-order valence-electron chi connectivity index (χ1n) is 7.77. The maximum Gasteiger partial charge on any atom is 0.354 e. The molecule has 4 rings (SSSR count). The molecule has 4 heterocycles. The average Bonchev–Trinajstić information content (AvgIpc) is 2.90. The highest BCUT2D eigenvalue weighted by molar-refractivity contribution is 5.59. The smallest absolute Gasteiger partial charge is 0.354 e. The van der Waals surface area contributed by atoms with Gasteiger partial charge in [-0.2, -0.15) is 4.57 Å². The summed E-state index contributed by atoms with van der Waals surface area (Å²) in [6, 6.07) is 3.50. The SMILES string of the molecule is [O-]N1Cc2c(N[C@@H]3O[C@H](CO)[C@@H](O)[C@H]3O)ccc[n+]2-c2ncncc21. The zero-order chi connectivity index (χ0) is 17.6. The third kappa shape index (κ3) is 2.60. The summed E-state index contributed by atoms with van der Waals surface area (Å²) in [5, 5.41) is 45.2. The summed E-state index contributed by atoms with van der Waals surface area (Å²) in [7, 11) is 0. The highest BCUT2D eigenvalue weighted by Crippen LogP contribution is 2.29. The van der Waals surface area contributed by atoms with E-state index in [0.29, 0.717) is 22.9 Å². The monoisotopic (exact) mass is 347 g/mol. The predicted molar refractivity (Wildman–Crippen MR) is 84.5 cm³/mol. The van der Waals surface area contributed by atoms with Gasteiger partial charge in [0.1, 0.15) is 24.0 Å². The van der Waals surface area contributed by atoms with Crippen molar-refractivity contribution in [3.05, 3.63) is 41.8 Å². The minimum atomic E-state index is -1.21. The van der Waals surface area contributed by atoms with Gasteiger partial charge < -0.3 is 35.6 Å². The van der Waals surface area contributed by atoms with Gasteiger partial charge in [-0.3, -0.25) is 0 Å². The maximum absolute atomic E-state index is 12.3. The first kappa shape index (κ1) is 16.1. The Labute approximate surface area is 142 Å². The highest BCUT2D eigenvalue weighted by atomic mass is 16.6. The van der Waals surface area contributed by atoms with E-state index in [1.54, 1.807) is 22.9 Å². The Bertz CT molecular complexity index is 791. The molecule has 0 aliphatic carbocycles. The number of nitrogens with zero attached hydrogens (tertiary/aromatic N) is 4. The average molecular weight is 347 g/mol. The van der Waals surface area contributed by atoms with E-state index >= 15 is 0 Å². The molecule has 2 aliphatic rings. The molecule has 0 aromatic carbocycles. The molecule has 0 amide bonds. The minimum Gasteiger partial charge on any atom is -0.758 e. The number of rotatable bonds is 3. The van der Waals surface area contributed by atoms with Gasteiger partial charge >= 0.3 is 5.82 Å². The molecule has 0 spiro atoms. The Morgan fingerprint density at radius 2 is 2.24 bits per heavy atom. The fourth-order valence-corrected chi connectivity index (χ4v) is 3.10. The van der Waals surface area contributed by atoms with Crippen LogP contribution in [0.2, 0.25) is 0 Å². The Kier molecular flexibility index (Phi) is 3.98. The zero-order valence-electron chi connectivity index (χ0n) is 13.1. The van der Waals surface area contributed by atoms with Gasteiger partial charge in [0.25, 0.3) is 0 Å². The summed E-state index contributed by atoms with van der Waals surface area (Å²) in [5.41, 5.74) is 1.55. The number of ether oxygens (including phenoxy) is 1. The molecule has 10 nitrogen and oxygen atoms in total. The number of hydrogen-bond donors (Lipinski definition) is 4. The topological polar surface area (TPSA) is 138 Å². The van der Waals surface area contributed by atoms with Gasteiger partial charge in [-0.1, -0.05) is 0 Å². The molecular formula is C15H17N5O5. The van der Waals surface area contributed by atoms with Crippen molar-refractivity contribution in [1.82, 2.24) is 9.97 Å². The van der Waals surface area contributed by atoms with Crippen LogP contribution in [0.25, 0.3) is 5.82 Å². The summed E-state index contributed by atoms with van der Waals surface area (Å²) >= 11 is 0. The molecule has 1 saturated heterocycles. The van der Waals surface area contributed by atoms with Crippen molar-refractivity contribution < 1.29 is 24.6 Å². The number of aliphatic hydroxyl groups excluding tert-OH is 3. The van der Waals surface area contributed by atoms with Crippen molar-refractivity contribution in [1.29, 1.82) is 0 Å². The molecule has 10 heteroatoms. The van der Waals surface area contributed by atoms with Gasteiger partial charge in [-0.05, 0) is 17.1 Å². The lowest BCUT2D eigenvalue weighted by Gasteiger charge is -2.33. The van der Waals surface area contributed by atoms with Gasteiger partial charge in [0, 0.05) is 0 Å². The van der Waals surface area contributed by atoms with Crippen molar-refractivity contribution in [3.63, 3.8) is 0 Å². The van der Waals surface area contributed by atoms with Crippen LogP contribution in [0.15, 0.2) is 30.9 Å². The number of anilines is 2. The number of hydroxylamine groups is 1. The van der Waals surface area contributed by atoms with E-state index in [-0.39, 0.29) is 6.54 Å². The van der Waals surface area contributed by atoms with Crippen molar-refractivity contribution in [3.8, 4) is 5.82 Å². The van der Waals surface area contributed by atoms with Gasteiger partial charge in [-0.25, -0.2) is 4.98 Å². The lowest BCUT2D eigenvalue weighted by atomic mass is 10.1. The van der Waals surface area contributed by atoms with E-state index in [4.69, 9.17) is 4.74 Å². The summed E-state index contributed by atoms with van der Waals surface area (Å²) in [6.07, 6.45) is 0.406. The second-order valence-electron chi connectivity index (χ2n) is 5.91. The van der Waals surface area contributed by atoms with Crippen LogP contribution in [0.3, 0.4) is 0 Å². The van der Waals surface area contributed by atoms with Crippen molar-refractivity contribution in [2.45, 2.75) is 31.1 Å². The molecular weight excluding hydrogens is 330 g/mol. The van der Waals surface area contributed by atoms with Crippen LogP contribution in [-0.2, 0) is 11.3 Å². The molecule has 2 aromatic rings. The van der Waals surface area contributed by atoms with Crippen molar-refractivity contribution in [2.75, 3.05) is 17.0 Å². The van der Waals surface area contributed by atoms with Crippen molar-refractivity contribution >= 4 is 11.4 Å². The molecule has 132 valence electrons. The lowest BCUT2D eigenvalue weighted by Crippen LogP contribution is -2.46. The number of fused-ring (bicyclic) bond motifs is 3. The molecule has 0 radical (unpaired) electrons. The van der Waals surface area contributed by atoms with Crippen LogP contribution in [0.4, 0.5) is 11.4 Å². The standard InChI is InChI=1S/C15H17N5O5/c21-6-11-12(22)13(23)15(25-11)18-8-2-1-3-19-10(8)5-20(24)9-4-16-7-17-14(9)19/h1-4,7,11-13,15,18,21-23H,5-6H2/t11-,12-,13-,15-/m1/s1. The van der Waals surface area contributed by atoms with Crippen LogP contribution in [0.1, 0.15) is 5.69 Å². The summed E-state index contributed by atoms with van der Waals surface area (Å²) in [6.45, 7) is -0.352. The first-order valence-corrected chi connectivity index (χ1v) is 7.77. The fourth-order valence-electron chi connectivity index (χ4n) is 3.10. The number of aromatic nitrogens is 3. The second kappa shape index (κ2) is 6.17. The Morgan fingerprint density at radius 3 is 3.00 bits per heavy atom. The summed E-state index contributed by atoms with van der Waals surface area (Å²) in [5.74, 6) is 0.455. The first-order chi connectivity index (χ1) is 12.1. The highest BCUT2D eigenvalue weighted by Gasteiger charge is 2.43. The largest absolute Gasteiger partial charge is 0.758 e. The quantitative estimate of drug-likeness (QED) is 0.485. The van der Waals surface area contributed by atoms with E-state index in [1.165, 1.54) is 12.5 Å². The van der Waals surface area contributed by atoms with Crippen LogP contribution in [0, 0.1) is 5.21 Å². The molecule has 1 fully saturated rings. The molecule has 0 bridgehead atoms. The minimum absolute atomic E-state index is 0.0539. The van der Waals surface area contributed by atoms with Gasteiger partial charge in [-0.15, -0.1) is 0 Å². The number of pyridine rings is 1. The molecule has 4 N–H and O–H groups in total. The molecule has 0 unspecified atom stereocenters. The van der Waals surface area contributed by atoms with Crippen LogP contribution >= 0.6 is 0 Å². The van der Waals surface area contributed by atoms with E-state index in [9.17, 15) is 20.5 Å². The summed E-state index contributed by atoms with van der Waals surface area (Å²) in [4.78, 5) is 8.04. The lowest BCUT2D eigenvalue weighted by molar-refractivity contribution is -0.608. The van der Waals surface area contributed by atoms with E-state index in [2.05, 4.69) is 15.3 Å². The third-order valence-electron chi connectivity index (χ3n) is 4.40. The van der Waals surface area contributed by atoms with E-state index in [0.717, 1.165) is 5.06 Å². The van der Waals surface area contributed by atoms with Crippen LogP contribution in [0.5, 0.6) is 0 Å². The number of aliphatic hydroxyl groups is 3. The Morgan fingerprint density at radius 1 is 1.40 bits per heavy atom. The predicted octanol–water partition coefficient (Wildman–Crippen LogP) is -1.58. The van der Waals surface area contributed by atoms with Gasteiger partial charge in [0.2, 0.25) is 6.33 Å². The number of hydrogen-bond acceptors (Lipinski definition) is 9. The van der Waals surface area contributed by atoms with Crippen molar-refractivity contribution in [2.24, 2.45) is 0 Å².